The van der Waals surface area contributed by atoms with E-state index in [0.29, 0.717) is 11.8 Å². The number of esters is 1. The number of hydrogen-bond acceptors (Lipinski definition) is 3. The number of aliphatic hydroxyl groups is 1. The summed E-state index contributed by atoms with van der Waals surface area (Å²) in [4.78, 5) is 10.8. The van der Waals surface area contributed by atoms with Gasteiger partial charge in [0.05, 0.1) is 6.10 Å². The first-order chi connectivity index (χ1) is 7.88. The SMILES string of the molecule is CC(=O)OCC(O)C1(C(C)C)CCCC(C)C1. The number of ether oxygens (including phenoxy) is 1. The molecular weight excluding hydrogens is 216 g/mol. The third-order valence-electron chi connectivity index (χ3n) is 4.33. The predicted molar refractivity (Wildman–Crippen MR) is 67.5 cm³/mol. The topological polar surface area (TPSA) is 46.5 Å². The Kier molecular flexibility index (Phi) is 4.99. The van der Waals surface area contributed by atoms with Gasteiger partial charge >= 0.3 is 5.97 Å². The molecule has 0 heterocycles. The van der Waals surface area contributed by atoms with E-state index in [1.807, 2.05) is 0 Å². The van der Waals surface area contributed by atoms with Crippen molar-refractivity contribution < 1.29 is 14.6 Å². The molecular formula is C14H26O3. The van der Waals surface area contributed by atoms with Crippen LogP contribution in [0.25, 0.3) is 0 Å². The Hall–Kier alpha value is -0.570. The summed E-state index contributed by atoms with van der Waals surface area (Å²) in [6, 6.07) is 0. The van der Waals surface area contributed by atoms with Crippen molar-refractivity contribution in [1.82, 2.24) is 0 Å². The van der Waals surface area contributed by atoms with Gasteiger partial charge in [0.15, 0.2) is 0 Å². The highest BCUT2D eigenvalue weighted by molar-refractivity contribution is 5.65. The molecule has 3 unspecified atom stereocenters. The Bertz CT molecular complexity index is 262. The van der Waals surface area contributed by atoms with Gasteiger partial charge in [-0.25, -0.2) is 0 Å². The van der Waals surface area contributed by atoms with Crippen molar-refractivity contribution in [2.75, 3.05) is 6.61 Å². The molecule has 0 bridgehead atoms. The van der Waals surface area contributed by atoms with E-state index in [9.17, 15) is 9.90 Å². The molecule has 17 heavy (non-hydrogen) atoms. The number of carbonyl (C=O) groups is 1. The van der Waals surface area contributed by atoms with Gasteiger partial charge in [-0.15, -0.1) is 0 Å². The van der Waals surface area contributed by atoms with E-state index in [0.717, 1.165) is 19.3 Å². The fraction of sp³-hybridized carbons (Fsp3) is 0.929. The standard InChI is InChI=1S/C14H26O3/c1-10(2)14(7-5-6-11(3)8-14)13(16)9-17-12(4)15/h10-11,13,16H,5-9H2,1-4H3. The van der Waals surface area contributed by atoms with E-state index in [1.165, 1.54) is 13.3 Å². The number of carbonyl (C=O) groups excluding carboxylic acids is 1. The fourth-order valence-corrected chi connectivity index (χ4v) is 3.21. The normalized spacial score (nSPS) is 31.3. The molecule has 3 atom stereocenters. The second kappa shape index (κ2) is 5.85. The first-order valence-corrected chi connectivity index (χ1v) is 6.70. The molecule has 0 aromatic rings. The van der Waals surface area contributed by atoms with Crippen LogP contribution in [0.1, 0.15) is 53.4 Å². The molecule has 1 rings (SSSR count). The van der Waals surface area contributed by atoms with E-state index in [1.54, 1.807) is 0 Å². The van der Waals surface area contributed by atoms with Crippen LogP contribution in [0, 0.1) is 17.3 Å². The van der Waals surface area contributed by atoms with Crippen molar-refractivity contribution in [3.8, 4) is 0 Å². The fourth-order valence-electron chi connectivity index (χ4n) is 3.21. The maximum absolute atomic E-state index is 10.8. The van der Waals surface area contributed by atoms with Crippen molar-refractivity contribution in [3.63, 3.8) is 0 Å². The molecule has 1 N–H and O–H groups in total. The highest BCUT2D eigenvalue weighted by Gasteiger charge is 2.43. The molecule has 1 saturated carbocycles. The van der Waals surface area contributed by atoms with Gasteiger partial charge in [0.25, 0.3) is 0 Å². The summed E-state index contributed by atoms with van der Waals surface area (Å²) in [5.74, 6) is 0.751. The zero-order valence-corrected chi connectivity index (χ0v) is 11.5. The molecule has 0 aliphatic heterocycles. The van der Waals surface area contributed by atoms with Gasteiger partial charge in [-0.2, -0.15) is 0 Å². The van der Waals surface area contributed by atoms with Crippen LogP contribution in [0.2, 0.25) is 0 Å². The van der Waals surface area contributed by atoms with Gasteiger partial charge in [-0.1, -0.05) is 33.6 Å². The maximum atomic E-state index is 10.8. The van der Waals surface area contributed by atoms with E-state index in [-0.39, 0.29) is 18.0 Å². The van der Waals surface area contributed by atoms with Crippen molar-refractivity contribution in [1.29, 1.82) is 0 Å². The monoisotopic (exact) mass is 242 g/mol. The Morgan fingerprint density at radius 3 is 2.65 bits per heavy atom. The summed E-state index contributed by atoms with van der Waals surface area (Å²) >= 11 is 0. The van der Waals surface area contributed by atoms with Crippen molar-refractivity contribution in [3.05, 3.63) is 0 Å². The molecule has 0 radical (unpaired) electrons. The van der Waals surface area contributed by atoms with Gasteiger partial charge in [0, 0.05) is 12.3 Å². The molecule has 0 aromatic carbocycles. The van der Waals surface area contributed by atoms with E-state index in [4.69, 9.17) is 4.74 Å². The number of aliphatic hydroxyl groups excluding tert-OH is 1. The van der Waals surface area contributed by atoms with E-state index < -0.39 is 6.10 Å². The third-order valence-corrected chi connectivity index (χ3v) is 4.33. The molecule has 1 fully saturated rings. The zero-order valence-electron chi connectivity index (χ0n) is 11.5. The number of hydrogen-bond donors (Lipinski definition) is 1. The lowest BCUT2D eigenvalue weighted by atomic mass is 9.61. The summed E-state index contributed by atoms with van der Waals surface area (Å²) < 4.78 is 4.98. The second-order valence-corrected chi connectivity index (χ2v) is 5.91. The minimum atomic E-state index is -0.533. The average Bonchev–Trinajstić information content (AvgIpc) is 2.25. The lowest BCUT2D eigenvalue weighted by molar-refractivity contribution is -0.150. The molecule has 0 spiro atoms. The van der Waals surface area contributed by atoms with Gasteiger partial charge in [0.1, 0.15) is 6.61 Å². The molecule has 1 aliphatic rings. The van der Waals surface area contributed by atoms with Crippen LogP contribution in [0.15, 0.2) is 0 Å². The van der Waals surface area contributed by atoms with Gasteiger partial charge in [-0.05, 0) is 24.7 Å². The summed E-state index contributed by atoms with van der Waals surface area (Å²) in [6.45, 7) is 8.09. The van der Waals surface area contributed by atoms with Crippen LogP contribution in [-0.4, -0.2) is 23.8 Å². The van der Waals surface area contributed by atoms with Crippen LogP contribution in [0.3, 0.4) is 0 Å². The average molecular weight is 242 g/mol. The Labute approximate surface area is 105 Å². The molecule has 3 nitrogen and oxygen atoms in total. The highest BCUT2D eigenvalue weighted by atomic mass is 16.5. The van der Waals surface area contributed by atoms with Gasteiger partial charge in [0.2, 0.25) is 0 Å². The molecule has 3 heteroatoms. The zero-order chi connectivity index (χ0) is 13.1. The van der Waals surface area contributed by atoms with E-state index >= 15 is 0 Å². The lowest BCUT2D eigenvalue weighted by Gasteiger charge is -2.46. The number of rotatable bonds is 4. The first-order valence-electron chi connectivity index (χ1n) is 6.70. The second-order valence-electron chi connectivity index (χ2n) is 5.91. The summed E-state index contributed by atoms with van der Waals surface area (Å²) in [5, 5.41) is 10.4. The van der Waals surface area contributed by atoms with Crippen molar-refractivity contribution in [2.45, 2.75) is 59.5 Å². The van der Waals surface area contributed by atoms with Crippen LogP contribution < -0.4 is 0 Å². The maximum Gasteiger partial charge on any atom is 0.302 e. The van der Waals surface area contributed by atoms with Crippen LogP contribution >= 0.6 is 0 Å². The Balaban J connectivity index is 2.72. The first kappa shape index (κ1) is 14.5. The molecule has 0 saturated heterocycles. The smallest absolute Gasteiger partial charge is 0.302 e. The minimum absolute atomic E-state index is 0.0763. The van der Waals surface area contributed by atoms with Crippen molar-refractivity contribution >= 4 is 5.97 Å². The lowest BCUT2D eigenvalue weighted by Crippen LogP contribution is -2.45. The van der Waals surface area contributed by atoms with Gasteiger partial charge in [-0.3, -0.25) is 4.79 Å². The summed E-state index contributed by atoms with van der Waals surface area (Å²) in [5.41, 5.74) is -0.0763. The van der Waals surface area contributed by atoms with Gasteiger partial charge < -0.3 is 9.84 Å². The highest BCUT2D eigenvalue weighted by Crippen LogP contribution is 2.47. The summed E-state index contributed by atoms with van der Waals surface area (Å²) in [7, 11) is 0. The molecule has 100 valence electrons. The quantitative estimate of drug-likeness (QED) is 0.771. The van der Waals surface area contributed by atoms with Crippen LogP contribution in [-0.2, 0) is 9.53 Å². The Morgan fingerprint density at radius 1 is 1.53 bits per heavy atom. The predicted octanol–water partition coefficient (Wildman–Crippen LogP) is 2.76. The largest absolute Gasteiger partial charge is 0.463 e. The Morgan fingerprint density at radius 2 is 2.18 bits per heavy atom. The van der Waals surface area contributed by atoms with E-state index in [2.05, 4.69) is 20.8 Å². The summed E-state index contributed by atoms with van der Waals surface area (Å²) in [6.07, 6.45) is 3.95. The molecule has 1 aliphatic carbocycles. The van der Waals surface area contributed by atoms with Crippen molar-refractivity contribution in [2.24, 2.45) is 17.3 Å². The third kappa shape index (κ3) is 3.44. The minimum Gasteiger partial charge on any atom is -0.463 e. The van der Waals surface area contributed by atoms with Crippen LogP contribution in [0.5, 0.6) is 0 Å². The molecule has 0 aromatic heterocycles. The van der Waals surface area contributed by atoms with Crippen LogP contribution in [0.4, 0.5) is 0 Å². The molecule has 0 amide bonds.